The van der Waals surface area contributed by atoms with Crippen LogP contribution < -0.4 is 5.32 Å². The Morgan fingerprint density at radius 2 is 2.08 bits per heavy atom. The highest BCUT2D eigenvalue weighted by molar-refractivity contribution is 7.80. The summed E-state index contributed by atoms with van der Waals surface area (Å²) in [6.45, 7) is 8.58. The molecule has 0 fully saturated rings. The van der Waals surface area contributed by atoms with Crippen LogP contribution in [0.15, 0.2) is 0 Å². The Hall–Kier alpha value is 0.0669. The van der Waals surface area contributed by atoms with Crippen LogP contribution in [-0.4, -0.2) is 20.3 Å². The molecule has 0 spiro atoms. The zero-order valence-corrected chi connectivity index (χ0v) is 11.1. The molecule has 0 aliphatic rings. The van der Waals surface area contributed by atoms with Gasteiger partial charge in [0.05, 0.1) is 4.99 Å². The van der Waals surface area contributed by atoms with Crippen molar-refractivity contribution < 1.29 is 4.43 Å². The molecule has 0 saturated carbocycles. The van der Waals surface area contributed by atoms with Gasteiger partial charge >= 0.3 is 0 Å². The van der Waals surface area contributed by atoms with Crippen LogP contribution in [-0.2, 0) is 4.43 Å². The minimum atomic E-state index is -0.952. The maximum atomic E-state index is 5.80. The van der Waals surface area contributed by atoms with E-state index in [1.54, 1.807) is 0 Å². The Labute approximate surface area is 88.8 Å². The van der Waals surface area contributed by atoms with Crippen molar-refractivity contribution in [3.05, 3.63) is 0 Å². The van der Waals surface area contributed by atoms with Crippen LogP contribution >= 0.6 is 12.2 Å². The average molecular weight is 219 g/mol. The molecule has 0 heterocycles. The number of nitrogens with one attached hydrogen (secondary N) is 1. The van der Waals surface area contributed by atoms with Gasteiger partial charge in [-0.25, -0.2) is 0 Å². The molecule has 0 radical (unpaired) electrons. The molecule has 0 aliphatic heterocycles. The van der Waals surface area contributed by atoms with Crippen LogP contribution in [0.1, 0.15) is 33.1 Å². The van der Waals surface area contributed by atoms with Crippen molar-refractivity contribution >= 4 is 26.2 Å². The van der Waals surface area contributed by atoms with E-state index in [0.29, 0.717) is 0 Å². The summed E-state index contributed by atoms with van der Waals surface area (Å²) in [7, 11) is -0.952. The Balaban J connectivity index is 3.86. The molecule has 0 bridgehead atoms. The van der Waals surface area contributed by atoms with E-state index < -0.39 is 9.04 Å². The number of thiocarbonyl (C=S) groups is 1. The standard InChI is InChI=1S/C9H21NOSSi/c1-5-7-8(11-13(3)4)10-9(12)6-2/h8,13H,5-7H2,1-4H3,(H,10,12). The lowest BCUT2D eigenvalue weighted by molar-refractivity contribution is 0.178. The van der Waals surface area contributed by atoms with Crippen LogP contribution in [0.2, 0.25) is 13.1 Å². The van der Waals surface area contributed by atoms with Gasteiger partial charge < -0.3 is 9.74 Å². The second-order valence-corrected chi connectivity index (χ2v) is 6.25. The van der Waals surface area contributed by atoms with E-state index in [9.17, 15) is 0 Å². The number of hydrogen-bond acceptors (Lipinski definition) is 2. The monoisotopic (exact) mass is 219 g/mol. The zero-order valence-electron chi connectivity index (χ0n) is 9.09. The van der Waals surface area contributed by atoms with Gasteiger partial charge in [-0.2, -0.15) is 0 Å². The lowest BCUT2D eigenvalue weighted by Gasteiger charge is -2.22. The van der Waals surface area contributed by atoms with Gasteiger partial charge in [0.1, 0.15) is 6.23 Å². The molecule has 0 amide bonds. The predicted octanol–water partition coefficient (Wildman–Crippen LogP) is 2.44. The van der Waals surface area contributed by atoms with E-state index >= 15 is 0 Å². The minimum Gasteiger partial charge on any atom is -0.401 e. The fraction of sp³-hybridized carbons (Fsp3) is 0.889. The largest absolute Gasteiger partial charge is 0.401 e. The lowest BCUT2D eigenvalue weighted by Crippen LogP contribution is -2.38. The van der Waals surface area contributed by atoms with E-state index in [1.165, 1.54) is 0 Å². The third kappa shape index (κ3) is 7.16. The summed E-state index contributed by atoms with van der Waals surface area (Å²) < 4.78 is 5.80. The molecule has 2 nitrogen and oxygen atoms in total. The Morgan fingerprint density at radius 3 is 2.46 bits per heavy atom. The molecule has 78 valence electrons. The van der Waals surface area contributed by atoms with Gasteiger partial charge in [-0.3, -0.25) is 0 Å². The smallest absolute Gasteiger partial charge is 0.173 e. The minimum absolute atomic E-state index is 0.157. The molecule has 13 heavy (non-hydrogen) atoms. The number of rotatable bonds is 6. The molecule has 0 saturated heterocycles. The van der Waals surface area contributed by atoms with Crippen molar-refractivity contribution in [3.8, 4) is 0 Å². The van der Waals surface area contributed by atoms with Crippen molar-refractivity contribution in [1.82, 2.24) is 5.32 Å². The van der Waals surface area contributed by atoms with Gasteiger partial charge in [0.2, 0.25) is 0 Å². The second kappa shape index (κ2) is 7.47. The molecule has 1 atom stereocenters. The van der Waals surface area contributed by atoms with Crippen molar-refractivity contribution in [1.29, 1.82) is 0 Å². The molecule has 4 heteroatoms. The maximum Gasteiger partial charge on any atom is 0.173 e. The molecular formula is C9H21NOSSi. The summed E-state index contributed by atoms with van der Waals surface area (Å²) in [4.78, 5) is 0.910. The molecule has 0 aromatic heterocycles. The summed E-state index contributed by atoms with van der Waals surface area (Å²) in [6.07, 6.45) is 3.23. The molecule has 1 N–H and O–H groups in total. The molecule has 1 unspecified atom stereocenters. The predicted molar refractivity (Wildman–Crippen MR) is 64.7 cm³/mol. The highest BCUT2D eigenvalue weighted by Crippen LogP contribution is 2.02. The van der Waals surface area contributed by atoms with Crippen LogP contribution in [0, 0.1) is 0 Å². The first-order chi connectivity index (χ1) is 6.10. The van der Waals surface area contributed by atoms with E-state index in [0.717, 1.165) is 24.3 Å². The topological polar surface area (TPSA) is 21.3 Å². The van der Waals surface area contributed by atoms with Gasteiger partial charge in [0, 0.05) is 0 Å². The first kappa shape index (κ1) is 13.1. The van der Waals surface area contributed by atoms with Gasteiger partial charge in [0.25, 0.3) is 0 Å². The SMILES string of the molecule is CCCC(NC(=S)CC)O[SiH](C)C. The van der Waals surface area contributed by atoms with Crippen LogP contribution in [0.4, 0.5) is 0 Å². The quantitative estimate of drug-likeness (QED) is 0.421. The van der Waals surface area contributed by atoms with Crippen LogP contribution in [0.5, 0.6) is 0 Å². The summed E-state index contributed by atoms with van der Waals surface area (Å²) in [5.74, 6) is 0. The third-order valence-electron chi connectivity index (χ3n) is 1.63. The number of hydrogen-bond donors (Lipinski definition) is 1. The third-order valence-corrected chi connectivity index (χ3v) is 2.91. The average Bonchev–Trinajstić information content (AvgIpc) is 2.03. The Kier molecular flexibility index (Phi) is 7.51. The molecule has 0 rings (SSSR count). The van der Waals surface area contributed by atoms with E-state index in [1.807, 2.05) is 0 Å². The van der Waals surface area contributed by atoms with Crippen LogP contribution in [0.3, 0.4) is 0 Å². The summed E-state index contributed by atoms with van der Waals surface area (Å²) in [5, 5.41) is 3.24. The van der Waals surface area contributed by atoms with Gasteiger partial charge in [-0.05, 0) is 25.9 Å². The van der Waals surface area contributed by atoms with E-state index in [2.05, 4.69) is 32.3 Å². The highest BCUT2D eigenvalue weighted by atomic mass is 32.1. The summed E-state index contributed by atoms with van der Waals surface area (Å²) in [5.41, 5.74) is 0. The molecule has 0 aliphatic carbocycles. The van der Waals surface area contributed by atoms with Gasteiger partial charge in [-0.15, -0.1) is 0 Å². The Bertz CT molecular complexity index is 153. The van der Waals surface area contributed by atoms with Crippen LogP contribution in [0.25, 0.3) is 0 Å². The van der Waals surface area contributed by atoms with E-state index in [-0.39, 0.29) is 6.23 Å². The second-order valence-electron chi connectivity index (χ2n) is 3.38. The molecular weight excluding hydrogens is 198 g/mol. The molecule has 0 aromatic carbocycles. The summed E-state index contributed by atoms with van der Waals surface area (Å²) >= 11 is 5.12. The lowest BCUT2D eigenvalue weighted by atomic mass is 10.3. The van der Waals surface area contributed by atoms with Crippen molar-refractivity contribution in [3.63, 3.8) is 0 Å². The first-order valence-corrected chi connectivity index (χ1v) is 8.23. The first-order valence-electron chi connectivity index (χ1n) is 5.04. The fourth-order valence-corrected chi connectivity index (χ4v) is 2.04. The zero-order chi connectivity index (χ0) is 10.3. The fourth-order valence-electron chi connectivity index (χ4n) is 1.05. The molecule has 0 aromatic rings. The highest BCUT2D eigenvalue weighted by Gasteiger charge is 2.10. The maximum absolute atomic E-state index is 5.80. The Morgan fingerprint density at radius 1 is 1.46 bits per heavy atom. The summed E-state index contributed by atoms with van der Waals surface area (Å²) in [6, 6.07) is 0. The van der Waals surface area contributed by atoms with Crippen molar-refractivity contribution in [2.45, 2.75) is 52.4 Å². The normalized spacial score (nSPS) is 13.0. The van der Waals surface area contributed by atoms with Gasteiger partial charge in [-0.1, -0.05) is 32.5 Å². The van der Waals surface area contributed by atoms with Gasteiger partial charge in [0.15, 0.2) is 9.04 Å². The van der Waals surface area contributed by atoms with Crippen molar-refractivity contribution in [2.75, 3.05) is 0 Å². The van der Waals surface area contributed by atoms with E-state index in [4.69, 9.17) is 16.6 Å². The van der Waals surface area contributed by atoms with Crippen molar-refractivity contribution in [2.24, 2.45) is 0 Å².